The number of carbonyl (C=O) groups excluding carboxylic acids is 1. The average molecular weight is 353 g/mol. The summed E-state index contributed by atoms with van der Waals surface area (Å²) in [4.78, 5) is 17.8. The van der Waals surface area contributed by atoms with Gasteiger partial charge < -0.3 is 19.9 Å². The van der Waals surface area contributed by atoms with Crippen LogP contribution in [-0.2, 0) is 13.0 Å². The molecule has 2 aromatic carbocycles. The molecular formula is C20H20FN3O2. The summed E-state index contributed by atoms with van der Waals surface area (Å²) in [5.74, 6) is 0.377. The lowest BCUT2D eigenvalue weighted by atomic mass is 10.0. The molecule has 1 aliphatic rings. The van der Waals surface area contributed by atoms with Gasteiger partial charge in [-0.15, -0.1) is 0 Å². The fraction of sp³-hybridized carbons (Fsp3) is 0.250. The van der Waals surface area contributed by atoms with Gasteiger partial charge in [0.1, 0.15) is 11.6 Å². The topological polar surface area (TPSA) is 57.4 Å². The molecule has 0 spiro atoms. The highest BCUT2D eigenvalue weighted by Crippen LogP contribution is 2.29. The van der Waals surface area contributed by atoms with Gasteiger partial charge in [-0.05, 0) is 37.3 Å². The zero-order chi connectivity index (χ0) is 18.1. The maximum atomic E-state index is 13.6. The highest BCUT2D eigenvalue weighted by molar-refractivity contribution is 5.92. The molecule has 2 amide bonds. The van der Waals surface area contributed by atoms with E-state index >= 15 is 0 Å². The van der Waals surface area contributed by atoms with E-state index in [1.165, 1.54) is 12.1 Å². The zero-order valence-electron chi connectivity index (χ0n) is 14.5. The first-order chi connectivity index (χ1) is 12.7. The summed E-state index contributed by atoms with van der Waals surface area (Å²) in [6, 6.07) is 11.9. The molecule has 3 aromatic rings. The number of para-hydroxylation sites is 2. The van der Waals surface area contributed by atoms with Crippen LogP contribution in [0.5, 0.6) is 5.75 Å². The molecule has 0 atom stereocenters. The number of aromatic nitrogens is 1. The van der Waals surface area contributed by atoms with Crippen LogP contribution in [0.4, 0.5) is 14.9 Å². The molecule has 0 bridgehead atoms. The molecule has 0 unspecified atom stereocenters. The summed E-state index contributed by atoms with van der Waals surface area (Å²) >= 11 is 0. The van der Waals surface area contributed by atoms with Gasteiger partial charge in [0.2, 0.25) is 0 Å². The molecule has 4 rings (SSSR count). The van der Waals surface area contributed by atoms with Crippen molar-refractivity contribution in [1.29, 1.82) is 0 Å². The smallest absolute Gasteiger partial charge is 0.322 e. The second-order valence-electron chi connectivity index (χ2n) is 6.30. The van der Waals surface area contributed by atoms with Crippen molar-refractivity contribution in [2.45, 2.75) is 19.9 Å². The van der Waals surface area contributed by atoms with E-state index in [0.717, 1.165) is 22.2 Å². The van der Waals surface area contributed by atoms with E-state index in [-0.39, 0.29) is 11.8 Å². The second-order valence-corrected chi connectivity index (χ2v) is 6.30. The Morgan fingerprint density at radius 1 is 1.31 bits per heavy atom. The standard InChI is InChI=1S/C20H20FN3O2/c1-2-26-19-6-4-3-5-18(19)23-20(25)24-10-9-17-15(12-24)14-11-13(21)7-8-16(14)22-17/h3-8,11,22H,2,9-10,12H2,1H3,(H,23,25). The van der Waals surface area contributed by atoms with Crippen molar-refractivity contribution < 1.29 is 13.9 Å². The summed E-state index contributed by atoms with van der Waals surface area (Å²) in [5, 5.41) is 3.77. The van der Waals surface area contributed by atoms with Gasteiger partial charge in [0.25, 0.3) is 0 Å². The van der Waals surface area contributed by atoms with Gasteiger partial charge in [0.15, 0.2) is 0 Å². The number of aromatic amines is 1. The number of halogens is 1. The molecule has 26 heavy (non-hydrogen) atoms. The van der Waals surface area contributed by atoms with E-state index in [9.17, 15) is 9.18 Å². The fourth-order valence-electron chi connectivity index (χ4n) is 3.41. The number of H-pyrrole nitrogens is 1. The number of rotatable bonds is 3. The van der Waals surface area contributed by atoms with Crippen molar-refractivity contribution in [2.75, 3.05) is 18.5 Å². The highest BCUT2D eigenvalue weighted by atomic mass is 19.1. The summed E-state index contributed by atoms with van der Waals surface area (Å²) in [5.41, 5.74) is 3.61. The van der Waals surface area contributed by atoms with Crippen molar-refractivity contribution in [3.8, 4) is 5.75 Å². The maximum Gasteiger partial charge on any atom is 0.322 e. The maximum absolute atomic E-state index is 13.6. The summed E-state index contributed by atoms with van der Waals surface area (Å²) in [7, 11) is 0. The zero-order valence-corrected chi connectivity index (χ0v) is 14.5. The van der Waals surface area contributed by atoms with Crippen LogP contribution >= 0.6 is 0 Å². The first-order valence-corrected chi connectivity index (χ1v) is 8.72. The van der Waals surface area contributed by atoms with Crippen molar-refractivity contribution in [2.24, 2.45) is 0 Å². The normalized spacial score (nSPS) is 13.5. The molecule has 5 nitrogen and oxygen atoms in total. The van der Waals surface area contributed by atoms with Crippen LogP contribution in [0.2, 0.25) is 0 Å². The monoisotopic (exact) mass is 353 g/mol. The Hall–Kier alpha value is -3.02. The third-order valence-electron chi connectivity index (χ3n) is 4.65. The number of ether oxygens (including phenoxy) is 1. The van der Waals surface area contributed by atoms with Crippen molar-refractivity contribution in [3.05, 3.63) is 59.5 Å². The van der Waals surface area contributed by atoms with Gasteiger partial charge >= 0.3 is 6.03 Å². The molecular weight excluding hydrogens is 333 g/mol. The minimum absolute atomic E-state index is 0.187. The number of hydrogen-bond acceptors (Lipinski definition) is 2. The van der Waals surface area contributed by atoms with Gasteiger partial charge in [0.05, 0.1) is 12.3 Å². The Morgan fingerprint density at radius 2 is 2.15 bits per heavy atom. The Balaban J connectivity index is 1.56. The SMILES string of the molecule is CCOc1ccccc1NC(=O)N1CCc2[nH]c3ccc(F)cc3c2C1. The number of benzene rings is 2. The van der Waals surface area contributed by atoms with Gasteiger partial charge in [-0.25, -0.2) is 9.18 Å². The molecule has 0 aliphatic carbocycles. The Labute approximate surface area is 150 Å². The molecule has 1 aliphatic heterocycles. The quantitative estimate of drug-likeness (QED) is 0.738. The molecule has 0 radical (unpaired) electrons. The van der Waals surface area contributed by atoms with Crippen LogP contribution in [-0.4, -0.2) is 29.1 Å². The van der Waals surface area contributed by atoms with E-state index in [4.69, 9.17) is 4.74 Å². The predicted octanol–water partition coefficient (Wildman–Crippen LogP) is 4.30. The number of carbonyl (C=O) groups is 1. The Kier molecular flexibility index (Phi) is 4.24. The number of urea groups is 1. The van der Waals surface area contributed by atoms with Crippen LogP contribution in [0.15, 0.2) is 42.5 Å². The molecule has 2 N–H and O–H groups in total. The van der Waals surface area contributed by atoms with Crippen molar-refractivity contribution in [3.63, 3.8) is 0 Å². The minimum atomic E-state index is -0.272. The van der Waals surface area contributed by atoms with Crippen LogP contribution in [0, 0.1) is 5.82 Å². The second kappa shape index (κ2) is 6.71. The lowest BCUT2D eigenvalue weighted by Crippen LogP contribution is -2.38. The minimum Gasteiger partial charge on any atom is -0.492 e. The predicted molar refractivity (Wildman–Crippen MR) is 99.0 cm³/mol. The number of amides is 2. The van der Waals surface area contributed by atoms with E-state index < -0.39 is 0 Å². The first-order valence-electron chi connectivity index (χ1n) is 8.72. The number of hydrogen-bond donors (Lipinski definition) is 2. The van der Waals surface area contributed by atoms with Gasteiger partial charge in [-0.3, -0.25) is 0 Å². The number of anilines is 1. The van der Waals surface area contributed by atoms with E-state index in [1.807, 2.05) is 31.2 Å². The lowest BCUT2D eigenvalue weighted by molar-refractivity contribution is 0.206. The van der Waals surface area contributed by atoms with Gasteiger partial charge in [-0.1, -0.05) is 12.1 Å². The molecule has 2 heterocycles. The number of fused-ring (bicyclic) bond motifs is 3. The molecule has 0 saturated carbocycles. The highest BCUT2D eigenvalue weighted by Gasteiger charge is 2.24. The number of nitrogens with zero attached hydrogens (tertiary/aromatic N) is 1. The van der Waals surface area contributed by atoms with E-state index in [1.54, 1.807) is 11.0 Å². The average Bonchev–Trinajstić information content (AvgIpc) is 3.00. The molecule has 0 fully saturated rings. The van der Waals surface area contributed by atoms with Crippen molar-refractivity contribution in [1.82, 2.24) is 9.88 Å². The fourth-order valence-corrected chi connectivity index (χ4v) is 3.41. The third kappa shape index (κ3) is 2.98. The Bertz CT molecular complexity index is 967. The molecule has 1 aromatic heterocycles. The third-order valence-corrected chi connectivity index (χ3v) is 4.65. The number of nitrogens with one attached hydrogen (secondary N) is 2. The van der Waals surface area contributed by atoms with Gasteiger partial charge in [0, 0.05) is 41.7 Å². The molecule has 134 valence electrons. The Morgan fingerprint density at radius 3 is 3.00 bits per heavy atom. The molecule has 0 saturated heterocycles. The van der Waals surface area contributed by atoms with Crippen LogP contribution in [0.3, 0.4) is 0 Å². The van der Waals surface area contributed by atoms with Crippen LogP contribution in [0.1, 0.15) is 18.2 Å². The van der Waals surface area contributed by atoms with Gasteiger partial charge in [-0.2, -0.15) is 0 Å². The van der Waals surface area contributed by atoms with E-state index in [2.05, 4.69) is 10.3 Å². The van der Waals surface area contributed by atoms with Crippen LogP contribution in [0.25, 0.3) is 10.9 Å². The van der Waals surface area contributed by atoms with Crippen molar-refractivity contribution >= 4 is 22.6 Å². The summed E-state index contributed by atoms with van der Waals surface area (Å²) in [6.45, 7) is 3.48. The summed E-state index contributed by atoms with van der Waals surface area (Å²) in [6.07, 6.45) is 0.714. The summed E-state index contributed by atoms with van der Waals surface area (Å²) < 4.78 is 19.2. The largest absolute Gasteiger partial charge is 0.492 e. The first kappa shape index (κ1) is 16.4. The van der Waals surface area contributed by atoms with Crippen LogP contribution < -0.4 is 10.1 Å². The molecule has 6 heteroatoms. The van der Waals surface area contributed by atoms with E-state index in [0.29, 0.717) is 37.6 Å². The lowest BCUT2D eigenvalue weighted by Gasteiger charge is -2.27.